The quantitative estimate of drug-likeness (QED) is 0.815. The topological polar surface area (TPSA) is 52.7 Å². The largest absolute Gasteiger partial charge is 0.394 e. The van der Waals surface area contributed by atoms with Gasteiger partial charge < -0.3 is 10.8 Å². The van der Waals surface area contributed by atoms with Crippen LogP contribution in [0.2, 0.25) is 0 Å². The summed E-state index contributed by atoms with van der Waals surface area (Å²) < 4.78 is 0. The molecule has 0 bridgehead atoms. The maximum Gasteiger partial charge on any atom is 0.0611 e. The lowest BCUT2D eigenvalue weighted by atomic mass is 9.80. The van der Waals surface area contributed by atoms with E-state index in [0.29, 0.717) is 6.04 Å². The highest BCUT2D eigenvalue weighted by atomic mass is 16.3. The molecule has 1 saturated carbocycles. The fourth-order valence-corrected chi connectivity index (χ4v) is 4.50. The third kappa shape index (κ3) is 3.19. The molecule has 3 fully saturated rings. The van der Waals surface area contributed by atoms with Crippen molar-refractivity contribution in [3.8, 4) is 0 Å². The molecular weight excluding hydrogens is 250 g/mol. The van der Waals surface area contributed by atoms with Crippen LogP contribution in [0.1, 0.15) is 51.4 Å². The van der Waals surface area contributed by atoms with E-state index in [-0.39, 0.29) is 12.1 Å². The Morgan fingerprint density at radius 1 is 0.950 bits per heavy atom. The van der Waals surface area contributed by atoms with Gasteiger partial charge in [0.15, 0.2) is 0 Å². The van der Waals surface area contributed by atoms with Gasteiger partial charge in [0.05, 0.1) is 6.61 Å². The number of rotatable bonds is 3. The molecule has 0 aromatic carbocycles. The molecule has 3 rings (SSSR count). The van der Waals surface area contributed by atoms with Crippen molar-refractivity contribution >= 4 is 0 Å². The van der Waals surface area contributed by atoms with Gasteiger partial charge in [0.25, 0.3) is 0 Å². The third-order valence-corrected chi connectivity index (χ3v) is 5.79. The normalized spacial score (nSPS) is 41.1. The van der Waals surface area contributed by atoms with Gasteiger partial charge in [-0.3, -0.25) is 9.80 Å². The minimum absolute atomic E-state index is 0.146. The molecular formula is C16H31N3O. The number of nitrogens with two attached hydrogens (primary N) is 1. The zero-order chi connectivity index (χ0) is 14.0. The van der Waals surface area contributed by atoms with Gasteiger partial charge >= 0.3 is 0 Å². The number of aliphatic hydroxyl groups excluding tert-OH is 1. The van der Waals surface area contributed by atoms with Crippen LogP contribution in [-0.2, 0) is 0 Å². The Morgan fingerprint density at radius 3 is 2.50 bits per heavy atom. The van der Waals surface area contributed by atoms with Crippen LogP contribution < -0.4 is 5.73 Å². The Hall–Kier alpha value is -0.160. The van der Waals surface area contributed by atoms with E-state index in [9.17, 15) is 5.11 Å². The van der Waals surface area contributed by atoms with E-state index < -0.39 is 0 Å². The summed E-state index contributed by atoms with van der Waals surface area (Å²) in [6, 6.07) is 1.38. The van der Waals surface area contributed by atoms with Gasteiger partial charge in [-0.2, -0.15) is 0 Å². The lowest BCUT2D eigenvalue weighted by Crippen LogP contribution is -2.53. The van der Waals surface area contributed by atoms with E-state index >= 15 is 0 Å². The monoisotopic (exact) mass is 281 g/mol. The average Bonchev–Trinajstić information content (AvgIpc) is 2.98. The predicted molar refractivity (Wildman–Crippen MR) is 81.7 cm³/mol. The molecule has 3 atom stereocenters. The summed E-state index contributed by atoms with van der Waals surface area (Å²) in [4.78, 5) is 5.38. The molecule has 0 radical (unpaired) electrons. The molecule has 2 heterocycles. The zero-order valence-electron chi connectivity index (χ0n) is 12.8. The molecule has 0 aromatic rings. The summed E-state index contributed by atoms with van der Waals surface area (Å²) in [6.07, 6.45) is 9.93. The first kappa shape index (κ1) is 14.8. The molecule has 3 N–H and O–H groups in total. The minimum atomic E-state index is -0.313. The molecule has 0 aromatic heterocycles. The fourth-order valence-electron chi connectivity index (χ4n) is 4.50. The first-order valence-corrected chi connectivity index (χ1v) is 8.58. The van der Waals surface area contributed by atoms with Gasteiger partial charge in [-0.05, 0) is 58.0 Å². The van der Waals surface area contributed by atoms with Crippen molar-refractivity contribution in [2.45, 2.75) is 69.0 Å². The average molecular weight is 281 g/mol. The van der Waals surface area contributed by atoms with Crippen molar-refractivity contribution in [3.05, 3.63) is 0 Å². The summed E-state index contributed by atoms with van der Waals surface area (Å²) in [5.74, 6) is 0. The van der Waals surface area contributed by atoms with Crippen LogP contribution >= 0.6 is 0 Å². The Bertz CT molecular complexity index is 319. The van der Waals surface area contributed by atoms with Crippen molar-refractivity contribution in [1.29, 1.82) is 0 Å². The standard InChI is InChI=1S/C16H31N3O/c17-16(13-20)7-4-5-14(11-16)19-10-6-15(12-19)18-8-2-1-3-9-18/h14-15,20H,1-13,17H2. The van der Waals surface area contributed by atoms with Crippen LogP contribution in [-0.4, -0.2) is 65.3 Å². The number of hydrogen-bond acceptors (Lipinski definition) is 4. The van der Waals surface area contributed by atoms with Gasteiger partial charge in [-0.25, -0.2) is 0 Å². The Morgan fingerprint density at radius 2 is 1.75 bits per heavy atom. The van der Waals surface area contributed by atoms with Crippen LogP contribution in [0.4, 0.5) is 0 Å². The number of piperidine rings is 1. The lowest BCUT2D eigenvalue weighted by Gasteiger charge is -2.41. The van der Waals surface area contributed by atoms with Crippen LogP contribution in [0.25, 0.3) is 0 Å². The fraction of sp³-hybridized carbons (Fsp3) is 1.00. The summed E-state index contributed by atoms with van der Waals surface area (Å²) in [6.45, 7) is 5.22. The maximum absolute atomic E-state index is 9.51. The van der Waals surface area contributed by atoms with Gasteiger partial charge in [-0.15, -0.1) is 0 Å². The molecule has 2 saturated heterocycles. The highest BCUT2D eigenvalue weighted by Crippen LogP contribution is 2.32. The SMILES string of the molecule is NC1(CO)CCCC(N2CCC(N3CCCCC3)C2)C1. The minimum Gasteiger partial charge on any atom is -0.394 e. The number of likely N-dealkylation sites (tertiary alicyclic amines) is 2. The Balaban J connectivity index is 1.54. The highest BCUT2D eigenvalue weighted by Gasteiger charge is 2.38. The number of aliphatic hydroxyl groups is 1. The third-order valence-electron chi connectivity index (χ3n) is 5.79. The lowest BCUT2D eigenvalue weighted by molar-refractivity contribution is 0.0858. The first-order valence-electron chi connectivity index (χ1n) is 8.58. The van der Waals surface area contributed by atoms with Crippen LogP contribution in [0.15, 0.2) is 0 Å². The molecule has 3 aliphatic rings. The molecule has 0 spiro atoms. The molecule has 3 unspecified atom stereocenters. The highest BCUT2D eigenvalue weighted by molar-refractivity contribution is 4.96. The van der Waals surface area contributed by atoms with Crippen molar-refractivity contribution in [1.82, 2.24) is 9.80 Å². The van der Waals surface area contributed by atoms with E-state index in [2.05, 4.69) is 9.80 Å². The van der Waals surface area contributed by atoms with E-state index in [4.69, 9.17) is 5.73 Å². The van der Waals surface area contributed by atoms with E-state index in [0.717, 1.165) is 18.9 Å². The van der Waals surface area contributed by atoms with Gasteiger partial charge in [0, 0.05) is 30.7 Å². The van der Waals surface area contributed by atoms with Crippen molar-refractivity contribution in [2.75, 3.05) is 32.8 Å². The van der Waals surface area contributed by atoms with Crippen molar-refractivity contribution < 1.29 is 5.11 Å². The second kappa shape index (κ2) is 6.30. The zero-order valence-corrected chi connectivity index (χ0v) is 12.8. The summed E-state index contributed by atoms with van der Waals surface area (Å²) in [5.41, 5.74) is 5.99. The smallest absolute Gasteiger partial charge is 0.0611 e. The second-order valence-electron chi connectivity index (χ2n) is 7.30. The summed E-state index contributed by atoms with van der Waals surface area (Å²) >= 11 is 0. The van der Waals surface area contributed by atoms with Crippen LogP contribution in [0.3, 0.4) is 0 Å². The molecule has 0 amide bonds. The van der Waals surface area contributed by atoms with E-state index in [1.807, 2.05) is 0 Å². The number of hydrogen-bond donors (Lipinski definition) is 2. The second-order valence-corrected chi connectivity index (χ2v) is 7.30. The molecule has 116 valence electrons. The molecule has 4 nitrogen and oxygen atoms in total. The van der Waals surface area contributed by atoms with E-state index in [1.165, 1.54) is 64.7 Å². The summed E-state index contributed by atoms with van der Waals surface area (Å²) in [7, 11) is 0. The van der Waals surface area contributed by atoms with Gasteiger partial charge in [0.2, 0.25) is 0 Å². The van der Waals surface area contributed by atoms with Crippen molar-refractivity contribution in [3.63, 3.8) is 0 Å². The predicted octanol–water partition coefficient (Wildman–Crippen LogP) is 1.18. The molecule has 1 aliphatic carbocycles. The van der Waals surface area contributed by atoms with Crippen molar-refractivity contribution in [2.24, 2.45) is 5.73 Å². The number of nitrogens with zero attached hydrogens (tertiary/aromatic N) is 2. The molecule has 2 aliphatic heterocycles. The molecule has 20 heavy (non-hydrogen) atoms. The Labute approximate surface area is 123 Å². The molecule has 4 heteroatoms. The van der Waals surface area contributed by atoms with Crippen LogP contribution in [0.5, 0.6) is 0 Å². The Kier molecular flexibility index (Phi) is 4.65. The van der Waals surface area contributed by atoms with E-state index in [1.54, 1.807) is 0 Å². The summed E-state index contributed by atoms with van der Waals surface area (Å²) in [5, 5.41) is 9.51. The van der Waals surface area contributed by atoms with Gasteiger partial charge in [0.1, 0.15) is 0 Å². The van der Waals surface area contributed by atoms with Crippen LogP contribution in [0, 0.1) is 0 Å². The maximum atomic E-state index is 9.51. The van der Waals surface area contributed by atoms with Gasteiger partial charge in [-0.1, -0.05) is 6.42 Å². The first-order chi connectivity index (χ1) is 9.70.